The topological polar surface area (TPSA) is 0 Å². The maximum Gasteiger partial charge on any atom is -0.0383 e. The molecule has 1 rings (SSSR count). The molecule has 1 aliphatic rings. The third-order valence-electron chi connectivity index (χ3n) is 5.03. The van der Waals surface area contributed by atoms with Crippen LogP contribution in [0.2, 0.25) is 0 Å². The van der Waals surface area contributed by atoms with E-state index in [4.69, 9.17) is 0 Å². The Labute approximate surface area is 116 Å². The molecule has 0 aromatic rings. The summed E-state index contributed by atoms with van der Waals surface area (Å²) in [5.74, 6) is 3.05. The van der Waals surface area contributed by atoms with Crippen molar-refractivity contribution in [1.29, 1.82) is 0 Å². The lowest BCUT2D eigenvalue weighted by molar-refractivity contribution is 0.219. The van der Waals surface area contributed by atoms with E-state index in [-0.39, 0.29) is 0 Å². The summed E-state index contributed by atoms with van der Waals surface area (Å²) in [6.07, 6.45) is 13.3. The zero-order valence-electron chi connectivity index (χ0n) is 13.6. The molecule has 1 unspecified atom stereocenters. The van der Waals surface area contributed by atoms with Crippen LogP contribution >= 0.6 is 0 Å². The normalized spacial score (nSPS) is 27.2. The maximum atomic E-state index is 2.41. The van der Waals surface area contributed by atoms with E-state index in [0.717, 1.165) is 17.8 Å². The van der Waals surface area contributed by atoms with Crippen LogP contribution < -0.4 is 0 Å². The second-order valence-corrected chi connectivity index (χ2v) is 8.08. The number of hydrogen-bond donors (Lipinski definition) is 0. The Hall–Kier alpha value is 0. The number of rotatable bonds is 6. The summed E-state index contributed by atoms with van der Waals surface area (Å²) in [4.78, 5) is 0. The van der Waals surface area contributed by atoms with Crippen LogP contribution in [-0.2, 0) is 0 Å². The highest BCUT2D eigenvalue weighted by Gasteiger charge is 2.22. The Balaban J connectivity index is 2.13. The van der Waals surface area contributed by atoms with Crippen LogP contribution in [0.1, 0.15) is 92.4 Å². The molecule has 0 aliphatic heterocycles. The van der Waals surface area contributed by atoms with Crippen molar-refractivity contribution >= 4 is 0 Å². The van der Waals surface area contributed by atoms with Crippen LogP contribution in [-0.4, -0.2) is 0 Å². The summed E-state index contributed by atoms with van der Waals surface area (Å²) in [6, 6.07) is 0. The lowest BCUT2D eigenvalue weighted by Gasteiger charge is -2.31. The molecule has 0 bridgehead atoms. The fourth-order valence-electron chi connectivity index (χ4n) is 3.17. The molecule has 108 valence electrons. The predicted octanol–water partition coefficient (Wildman–Crippen LogP) is 6.45. The van der Waals surface area contributed by atoms with Gasteiger partial charge in [0, 0.05) is 0 Å². The van der Waals surface area contributed by atoms with Gasteiger partial charge in [0.05, 0.1) is 0 Å². The van der Waals surface area contributed by atoms with Gasteiger partial charge in [-0.05, 0) is 36.0 Å². The first kappa shape index (κ1) is 16.1. The van der Waals surface area contributed by atoms with Gasteiger partial charge >= 0.3 is 0 Å². The largest absolute Gasteiger partial charge is 0.0651 e. The summed E-state index contributed by atoms with van der Waals surface area (Å²) in [5, 5.41) is 0. The fourth-order valence-corrected chi connectivity index (χ4v) is 3.17. The van der Waals surface area contributed by atoms with Gasteiger partial charge in [-0.3, -0.25) is 0 Å². The van der Waals surface area contributed by atoms with Gasteiger partial charge in [-0.1, -0.05) is 79.6 Å². The average molecular weight is 252 g/mol. The Morgan fingerprint density at radius 2 is 1.44 bits per heavy atom. The Morgan fingerprint density at radius 3 is 1.89 bits per heavy atom. The zero-order chi connectivity index (χ0) is 13.6. The highest BCUT2D eigenvalue weighted by molar-refractivity contribution is 4.75. The summed E-state index contributed by atoms with van der Waals surface area (Å²) in [6.45, 7) is 11.9. The first-order valence-corrected chi connectivity index (χ1v) is 8.40. The van der Waals surface area contributed by atoms with Crippen LogP contribution in [0.5, 0.6) is 0 Å². The molecule has 0 saturated heterocycles. The predicted molar refractivity (Wildman–Crippen MR) is 82.8 cm³/mol. The molecule has 1 saturated carbocycles. The molecule has 1 fully saturated rings. The standard InChI is InChI=1S/C18H36/c1-6-15(2)7-8-16-9-11-17(12-10-16)13-14-18(3,4)5/h15-17H,6-14H2,1-5H3. The summed E-state index contributed by atoms with van der Waals surface area (Å²) < 4.78 is 0. The molecule has 0 N–H and O–H groups in total. The van der Waals surface area contributed by atoms with E-state index in [0.29, 0.717) is 5.41 Å². The molecule has 0 heterocycles. The average Bonchev–Trinajstić information content (AvgIpc) is 2.33. The second kappa shape index (κ2) is 7.56. The molecular weight excluding hydrogens is 216 g/mol. The molecular formula is C18H36. The third-order valence-corrected chi connectivity index (χ3v) is 5.03. The minimum Gasteiger partial charge on any atom is -0.0651 e. The Morgan fingerprint density at radius 1 is 0.944 bits per heavy atom. The molecule has 18 heavy (non-hydrogen) atoms. The first-order chi connectivity index (χ1) is 8.40. The van der Waals surface area contributed by atoms with Gasteiger partial charge in [0.2, 0.25) is 0 Å². The van der Waals surface area contributed by atoms with Crippen molar-refractivity contribution in [2.24, 2.45) is 23.2 Å². The van der Waals surface area contributed by atoms with Gasteiger partial charge < -0.3 is 0 Å². The van der Waals surface area contributed by atoms with Crippen molar-refractivity contribution in [2.75, 3.05) is 0 Å². The minimum atomic E-state index is 0.535. The van der Waals surface area contributed by atoms with Crippen LogP contribution in [0.15, 0.2) is 0 Å². The maximum absolute atomic E-state index is 2.41. The van der Waals surface area contributed by atoms with E-state index in [1.165, 1.54) is 57.8 Å². The minimum absolute atomic E-state index is 0.535. The lowest BCUT2D eigenvalue weighted by Crippen LogP contribution is -2.17. The van der Waals surface area contributed by atoms with Crippen molar-refractivity contribution in [3.8, 4) is 0 Å². The van der Waals surface area contributed by atoms with E-state index >= 15 is 0 Å². The fraction of sp³-hybridized carbons (Fsp3) is 1.00. The Kier molecular flexibility index (Phi) is 6.74. The van der Waals surface area contributed by atoms with Crippen molar-refractivity contribution < 1.29 is 0 Å². The van der Waals surface area contributed by atoms with Crippen LogP contribution in [0.25, 0.3) is 0 Å². The summed E-state index contributed by atoms with van der Waals surface area (Å²) >= 11 is 0. The first-order valence-electron chi connectivity index (χ1n) is 8.40. The van der Waals surface area contributed by atoms with Gasteiger partial charge in [-0.2, -0.15) is 0 Å². The zero-order valence-corrected chi connectivity index (χ0v) is 13.6. The second-order valence-electron chi connectivity index (χ2n) is 8.08. The SMILES string of the molecule is CCC(C)CCC1CCC(CCC(C)(C)C)CC1. The van der Waals surface area contributed by atoms with E-state index in [1.54, 1.807) is 0 Å². The van der Waals surface area contributed by atoms with Crippen LogP contribution in [0.3, 0.4) is 0 Å². The van der Waals surface area contributed by atoms with Gasteiger partial charge in [-0.15, -0.1) is 0 Å². The molecule has 1 atom stereocenters. The molecule has 0 aromatic carbocycles. The highest BCUT2D eigenvalue weighted by atomic mass is 14.3. The van der Waals surface area contributed by atoms with Crippen LogP contribution in [0.4, 0.5) is 0 Å². The summed E-state index contributed by atoms with van der Waals surface area (Å²) in [5.41, 5.74) is 0.535. The van der Waals surface area contributed by atoms with Crippen molar-refractivity contribution in [3.05, 3.63) is 0 Å². The van der Waals surface area contributed by atoms with E-state index < -0.39 is 0 Å². The van der Waals surface area contributed by atoms with Crippen LogP contribution in [0, 0.1) is 23.2 Å². The number of hydrogen-bond acceptors (Lipinski definition) is 0. The van der Waals surface area contributed by atoms with E-state index in [9.17, 15) is 0 Å². The van der Waals surface area contributed by atoms with Crippen molar-refractivity contribution in [1.82, 2.24) is 0 Å². The third kappa shape index (κ3) is 6.81. The molecule has 1 aliphatic carbocycles. The van der Waals surface area contributed by atoms with E-state index in [2.05, 4.69) is 34.6 Å². The molecule has 0 amide bonds. The van der Waals surface area contributed by atoms with Gasteiger partial charge in [0.15, 0.2) is 0 Å². The molecule has 0 heteroatoms. The summed E-state index contributed by atoms with van der Waals surface area (Å²) in [7, 11) is 0. The van der Waals surface area contributed by atoms with Gasteiger partial charge in [0.25, 0.3) is 0 Å². The molecule has 0 radical (unpaired) electrons. The quantitative estimate of drug-likeness (QED) is 0.510. The smallest absolute Gasteiger partial charge is 0.0383 e. The monoisotopic (exact) mass is 252 g/mol. The van der Waals surface area contributed by atoms with E-state index in [1.807, 2.05) is 0 Å². The molecule has 0 aromatic heterocycles. The van der Waals surface area contributed by atoms with Crippen molar-refractivity contribution in [3.63, 3.8) is 0 Å². The Bertz CT molecular complexity index is 203. The van der Waals surface area contributed by atoms with Crippen molar-refractivity contribution in [2.45, 2.75) is 92.4 Å². The van der Waals surface area contributed by atoms with Gasteiger partial charge in [0.1, 0.15) is 0 Å². The molecule has 0 nitrogen and oxygen atoms in total. The molecule has 0 spiro atoms. The highest BCUT2D eigenvalue weighted by Crippen LogP contribution is 2.36. The van der Waals surface area contributed by atoms with Gasteiger partial charge in [-0.25, -0.2) is 0 Å². The lowest BCUT2D eigenvalue weighted by atomic mass is 9.75.